The van der Waals surface area contributed by atoms with Gasteiger partial charge in [-0.15, -0.1) is 0 Å². The lowest BCUT2D eigenvalue weighted by Crippen LogP contribution is -2.44. The molecule has 51 heavy (non-hydrogen) atoms. The molecule has 0 fully saturated rings. The first-order valence-corrected chi connectivity index (χ1v) is 20.9. The smallest absolute Gasteiger partial charge is 0.220 e. The molecule has 0 aromatic heterocycles. The Labute approximate surface area is 313 Å². The Morgan fingerprint density at radius 2 is 0.725 bits per heavy atom. The Kier molecular flexibility index (Phi) is 30.5. The third-order valence-electron chi connectivity index (χ3n) is 9.20. The summed E-state index contributed by atoms with van der Waals surface area (Å²) in [5.74, 6) is -1.59. The zero-order chi connectivity index (χ0) is 38.3. The van der Waals surface area contributed by atoms with Gasteiger partial charge in [0.1, 0.15) is 0 Å². The van der Waals surface area contributed by atoms with Gasteiger partial charge < -0.3 is 16.0 Å². The molecule has 0 aliphatic heterocycles. The Balaban J connectivity index is 4.47. The first-order chi connectivity index (χ1) is 24.4. The molecule has 0 aliphatic rings. The van der Waals surface area contributed by atoms with Crippen molar-refractivity contribution in [3.63, 3.8) is 0 Å². The highest BCUT2D eigenvalue weighted by atomic mass is 32.2. The summed E-state index contributed by atoms with van der Waals surface area (Å²) in [5.41, 5.74) is 0. The molecule has 3 N–H and O–H groups in total. The number of thioether (sulfide) groups is 1. The van der Waals surface area contributed by atoms with Crippen molar-refractivity contribution in [3.05, 3.63) is 0 Å². The summed E-state index contributed by atoms with van der Waals surface area (Å²) in [6.45, 7) is 8.50. The van der Waals surface area contributed by atoms with E-state index in [0.717, 1.165) is 50.3 Å². The molecular formula is C40H71N3O7S. The number of hydrogen-bond donors (Lipinski definition) is 3. The number of unbranched alkanes of at least 4 members (excludes halogenated alkanes) is 16. The van der Waals surface area contributed by atoms with Crippen molar-refractivity contribution < 1.29 is 33.6 Å². The molecule has 294 valence electrons. The number of amides is 3. The number of carbonyl (C=O) groups excluding carboxylic acids is 7. The van der Waals surface area contributed by atoms with Gasteiger partial charge in [-0.25, -0.2) is 0 Å². The Hall–Kier alpha value is -2.56. The highest BCUT2D eigenvalue weighted by molar-refractivity contribution is 8.13. The van der Waals surface area contributed by atoms with E-state index >= 15 is 0 Å². The molecule has 10 nitrogen and oxygen atoms in total. The second kappa shape index (κ2) is 32.1. The maximum atomic E-state index is 12.7. The number of ketones is 3. The molecule has 3 unspecified atom stereocenters. The molecule has 3 amide bonds. The molecular weight excluding hydrogens is 667 g/mol. The maximum Gasteiger partial charge on any atom is 0.220 e. The molecule has 0 aromatic rings. The Morgan fingerprint density at radius 1 is 0.412 bits per heavy atom. The van der Waals surface area contributed by atoms with Crippen molar-refractivity contribution in [2.24, 2.45) is 0 Å². The third kappa shape index (κ3) is 28.7. The van der Waals surface area contributed by atoms with Crippen LogP contribution in [0.5, 0.6) is 0 Å². The van der Waals surface area contributed by atoms with Crippen LogP contribution in [-0.4, -0.2) is 64.1 Å². The molecule has 3 atom stereocenters. The zero-order valence-corrected chi connectivity index (χ0v) is 33.5. The van der Waals surface area contributed by atoms with E-state index < -0.39 is 24.0 Å². The van der Waals surface area contributed by atoms with Gasteiger partial charge in [0.15, 0.2) is 22.5 Å². The van der Waals surface area contributed by atoms with E-state index in [0.29, 0.717) is 12.8 Å². The molecule has 0 bridgehead atoms. The predicted molar refractivity (Wildman–Crippen MR) is 207 cm³/mol. The highest BCUT2D eigenvalue weighted by Gasteiger charge is 2.23. The summed E-state index contributed by atoms with van der Waals surface area (Å²) in [4.78, 5) is 86.7. The van der Waals surface area contributed by atoms with Gasteiger partial charge in [0.2, 0.25) is 17.7 Å². The van der Waals surface area contributed by atoms with Crippen LogP contribution >= 0.6 is 11.8 Å². The van der Waals surface area contributed by atoms with E-state index in [2.05, 4.69) is 29.8 Å². The largest absolute Gasteiger partial charge is 0.346 e. The first kappa shape index (κ1) is 48.4. The molecule has 0 heterocycles. The molecule has 0 saturated carbocycles. The van der Waals surface area contributed by atoms with Gasteiger partial charge in [0, 0.05) is 31.4 Å². The summed E-state index contributed by atoms with van der Waals surface area (Å²) < 4.78 is 0. The van der Waals surface area contributed by atoms with Crippen LogP contribution in [0.2, 0.25) is 0 Å². The van der Waals surface area contributed by atoms with Gasteiger partial charge in [-0.3, -0.25) is 33.6 Å². The van der Waals surface area contributed by atoms with Gasteiger partial charge in [-0.1, -0.05) is 128 Å². The summed E-state index contributed by atoms with van der Waals surface area (Å²) in [6.07, 6.45) is 21.5. The van der Waals surface area contributed by atoms with E-state index in [-0.39, 0.29) is 65.7 Å². The van der Waals surface area contributed by atoms with Crippen molar-refractivity contribution in [1.29, 1.82) is 0 Å². The van der Waals surface area contributed by atoms with Crippen molar-refractivity contribution in [1.82, 2.24) is 16.0 Å². The summed E-state index contributed by atoms with van der Waals surface area (Å²) >= 11 is 0.899. The molecule has 11 heteroatoms. The van der Waals surface area contributed by atoms with E-state index in [1.807, 2.05) is 0 Å². The van der Waals surface area contributed by atoms with Crippen LogP contribution in [0.1, 0.15) is 189 Å². The molecule has 0 spiro atoms. The summed E-state index contributed by atoms with van der Waals surface area (Å²) in [7, 11) is 0. The van der Waals surface area contributed by atoms with E-state index in [1.165, 1.54) is 97.8 Å². The fraction of sp³-hybridized carbons (Fsp3) is 0.825. The van der Waals surface area contributed by atoms with Gasteiger partial charge in [-0.2, -0.15) is 0 Å². The van der Waals surface area contributed by atoms with E-state index in [9.17, 15) is 33.6 Å². The lowest BCUT2D eigenvalue weighted by atomic mass is 10.0. The monoisotopic (exact) mass is 738 g/mol. The van der Waals surface area contributed by atoms with Gasteiger partial charge in [-0.05, 0) is 46.5 Å². The number of nitrogens with one attached hydrogen (secondary N) is 3. The van der Waals surface area contributed by atoms with Crippen LogP contribution in [0.15, 0.2) is 0 Å². The second-order valence-corrected chi connectivity index (χ2v) is 15.2. The molecule has 0 aliphatic carbocycles. The average Bonchev–Trinajstić information content (AvgIpc) is 3.08. The van der Waals surface area contributed by atoms with Crippen molar-refractivity contribution in [2.75, 3.05) is 5.75 Å². The lowest BCUT2D eigenvalue weighted by Gasteiger charge is -2.18. The molecule has 0 rings (SSSR count). The maximum absolute atomic E-state index is 12.7. The number of rotatable bonds is 34. The van der Waals surface area contributed by atoms with Crippen molar-refractivity contribution in [2.45, 2.75) is 207 Å². The second-order valence-electron chi connectivity index (χ2n) is 14.1. The topological polar surface area (TPSA) is 156 Å². The standard InChI is InChI=1S/C40H71N3O7S/c1-6-8-10-12-14-16-18-20-22-24-37(47)41-34(31(3)44)26-28-39(49)43-36(33(5)46)30-51-40(50)29-27-35(32(4)45)42-38(48)25-23-21-19-17-15-13-11-9-7-2/h34-36H,6-30H2,1-5H3,(H,41,47)(H,42,48)(H,43,49). The van der Waals surface area contributed by atoms with Crippen LogP contribution in [0.25, 0.3) is 0 Å². The minimum Gasteiger partial charge on any atom is -0.346 e. The van der Waals surface area contributed by atoms with Crippen LogP contribution < -0.4 is 16.0 Å². The summed E-state index contributed by atoms with van der Waals surface area (Å²) in [6, 6.07) is -2.43. The fourth-order valence-electron chi connectivity index (χ4n) is 5.79. The lowest BCUT2D eigenvalue weighted by molar-refractivity contribution is -0.128. The fourth-order valence-corrected chi connectivity index (χ4v) is 6.73. The minimum absolute atomic E-state index is 0.0290. The molecule has 0 saturated heterocycles. The van der Waals surface area contributed by atoms with Crippen LogP contribution in [0, 0.1) is 0 Å². The third-order valence-corrected chi connectivity index (χ3v) is 10.2. The highest BCUT2D eigenvalue weighted by Crippen LogP contribution is 2.15. The van der Waals surface area contributed by atoms with Crippen molar-refractivity contribution in [3.8, 4) is 0 Å². The minimum atomic E-state index is -0.900. The van der Waals surface area contributed by atoms with Crippen molar-refractivity contribution >= 4 is 51.9 Å². The van der Waals surface area contributed by atoms with E-state index in [4.69, 9.17) is 0 Å². The van der Waals surface area contributed by atoms with Gasteiger partial charge in [0.05, 0.1) is 18.1 Å². The number of Topliss-reactive ketones (excluding diaryl/α,β-unsaturated/α-hetero) is 3. The normalized spacial score (nSPS) is 12.8. The average molecular weight is 738 g/mol. The molecule has 0 radical (unpaired) electrons. The van der Waals surface area contributed by atoms with Gasteiger partial charge >= 0.3 is 0 Å². The van der Waals surface area contributed by atoms with E-state index in [1.54, 1.807) is 0 Å². The quantitative estimate of drug-likeness (QED) is 0.0564. The predicted octanol–water partition coefficient (Wildman–Crippen LogP) is 7.87. The van der Waals surface area contributed by atoms with Gasteiger partial charge in [0.25, 0.3) is 0 Å². The SMILES string of the molecule is CCCCCCCCCCCC(=O)NC(CCC(=O)NC(CSC(=O)CCC(NC(=O)CCCCCCCCCCC)C(C)=O)C(C)=O)C(C)=O. The Morgan fingerprint density at radius 3 is 1.10 bits per heavy atom. The van der Waals surface area contributed by atoms with Crippen LogP contribution in [0.4, 0.5) is 0 Å². The number of carbonyl (C=O) groups is 7. The number of hydrogen-bond acceptors (Lipinski definition) is 8. The molecule has 0 aromatic carbocycles. The Bertz CT molecular complexity index is 1040. The zero-order valence-electron chi connectivity index (χ0n) is 32.7. The van der Waals surface area contributed by atoms with Crippen LogP contribution in [0.3, 0.4) is 0 Å². The van der Waals surface area contributed by atoms with Crippen LogP contribution in [-0.2, 0) is 33.6 Å². The summed E-state index contributed by atoms with van der Waals surface area (Å²) in [5, 5.41) is 7.90. The first-order valence-electron chi connectivity index (χ1n) is 20.0.